The van der Waals surface area contributed by atoms with Crippen molar-refractivity contribution in [1.29, 1.82) is 0 Å². The molecule has 2 aromatic carbocycles. The first kappa shape index (κ1) is 28.9. The average molecular weight is 529 g/mol. The highest BCUT2D eigenvalue weighted by Gasteiger charge is 2.29. The minimum absolute atomic E-state index is 0.0000697. The first-order valence-corrected chi connectivity index (χ1v) is 15.1. The second kappa shape index (κ2) is 13.8. The van der Waals surface area contributed by atoms with Crippen molar-refractivity contribution < 1.29 is 17.6 Å². The summed E-state index contributed by atoms with van der Waals surface area (Å²) < 4.78 is 59.5. The maximum atomic E-state index is 15.2. The van der Waals surface area contributed by atoms with Crippen LogP contribution in [0.2, 0.25) is 0 Å². The summed E-state index contributed by atoms with van der Waals surface area (Å²) in [5, 5.41) is 0. The van der Waals surface area contributed by atoms with Gasteiger partial charge in [0.25, 0.3) is 0 Å². The van der Waals surface area contributed by atoms with Gasteiger partial charge >= 0.3 is 0 Å². The molecule has 0 heterocycles. The summed E-state index contributed by atoms with van der Waals surface area (Å²) in [7, 11) is 0. The molecule has 2 aromatic rings. The Morgan fingerprint density at radius 1 is 0.658 bits per heavy atom. The Labute approximate surface area is 226 Å². The standard InChI is InChI=1S/C34H44F4/c1-3-5-6-8-27-19-20-28(32(36)31(27)35)18-13-24-11-16-26(17-12-24)30-22-21-29(33(37)34(30)38)25-14-9-23(7-4-2)10-15-25/h13,18-26H,3-12,14-17H2,1-2H3. The number of hydrogen-bond acceptors (Lipinski definition) is 0. The summed E-state index contributed by atoms with van der Waals surface area (Å²) in [6.07, 6.45) is 16.8. The molecule has 0 atom stereocenters. The predicted octanol–water partition coefficient (Wildman–Crippen LogP) is 11.0. The number of hydrogen-bond donors (Lipinski definition) is 0. The highest BCUT2D eigenvalue weighted by molar-refractivity contribution is 5.51. The Balaban J connectivity index is 1.34. The molecule has 4 rings (SSSR count). The third kappa shape index (κ3) is 6.90. The maximum absolute atomic E-state index is 15.2. The Bertz CT molecular complexity index is 1070. The Kier molecular flexibility index (Phi) is 10.5. The molecule has 38 heavy (non-hydrogen) atoms. The first-order chi connectivity index (χ1) is 18.4. The number of allylic oxidation sites excluding steroid dienone is 1. The van der Waals surface area contributed by atoms with Crippen molar-refractivity contribution in [2.24, 2.45) is 11.8 Å². The van der Waals surface area contributed by atoms with E-state index < -0.39 is 23.3 Å². The summed E-state index contributed by atoms with van der Waals surface area (Å²) >= 11 is 0. The molecule has 0 aromatic heterocycles. The van der Waals surface area contributed by atoms with E-state index in [-0.39, 0.29) is 23.3 Å². The second-order valence-corrected chi connectivity index (χ2v) is 11.7. The third-order valence-corrected chi connectivity index (χ3v) is 9.13. The summed E-state index contributed by atoms with van der Waals surface area (Å²) in [6, 6.07) is 7.03. The molecule has 208 valence electrons. The number of benzene rings is 2. The molecule has 2 fully saturated rings. The zero-order chi connectivity index (χ0) is 27.1. The van der Waals surface area contributed by atoms with Crippen LogP contribution in [-0.2, 0) is 6.42 Å². The molecule has 0 spiro atoms. The van der Waals surface area contributed by atoms with Gasteiger partial charge in [-0.2, -0.15) is 0 Å². The summed E-state index contributed by atoms with van der Waals surface area (Å²) in [5.41, 5.74) is 1.78. The molecule has 0 nitrogen and oxygen atoms in total. The quantitative estimate of drug-likeness (QED) is 0.212. The van der Waals surface area contributed by atoms with Crippen molar-refractivity contribution in [2.75, 3.05) is 0 Å². The summed E-state index contributed by atoms with van der Waals surface area (Å²) in [4.78, 5) is 0. The van der Waals surface area contributed by atoms with Crippen LogP contribution in [0.5, 0.6) is 0 Å². The van der Waals surface area contributed by atoms with Crippen LogP contribution in [0.4, 0.5) is 17.6 Å². The van der Waals surface area contributed by atoms with E-state index >= 15 is 8.78 Å². The van der Waals surface area contributed by atoms with Gasteiger partial charge in [0.05, 0.1) is 0 Å². The average Bonchev–Trinajstić information content (AvgIpc) is 2.93. The Morgan fingerprint density at radius 3 is 1.84 bits per heavy atom. The van der Waals surface area contributed by atoms with Crippen LogP contribution in [0.15, 0.2) is 30.3 Å². The van der Waals surface area contributed by atoms with Gasteiger partial charge in [0.2, 0.25) is 0 Å². The normalized spacial score (nSPS) is 24.3. The molecule has 0 radical (unpaired) electrons. The van der Waals surface area contributed by atoms with E-state index in [2.05, 4.69) is 13.8 Å². The van der Waals surface area contributed by atoms with Crippen molar-refractivity contribution in [3.63, 3.8) is 0 Å². The molecule has 4 heteroatoms. The lowest BCUT2D eigenvalue weighted by molar-refractivity contribution is 0.302. The number of aryl methyl sites for hydroxylation is 1. The SMILES string of the molecule is CCCCCc1ccc(C=CC2CCC(c3ccc(C4CCC(CCC)CC4)c(F)c3F)CC2)c(F)c1F. The van der Waals surface area contributed by atoms with Crippen molar-refractivity contribution in [2.45, 2.75) is 116 Å². The van der Waals surface area contributed by atoms with Crippen molar-refractivity contribution in [3.05, 3.63) is 75.9 Å². The van der Waals surface area contributed by atoms with Gasteiger partial charge in [-0.05, 0) is 105 Å². The van der Waals surface area contributed by atoms with Crippen LogP contribution in [0.1, 0.15) is 131 Å². The van der Waals surface area contributed by atoms with Crippen LogP contribution in [0.3, 0.4) is 0 Å². The molecule has 0 N–H and O–H groups in total. The molecule has 2 aliphatic carbocycles. The van der Waals surface area contributed by atoms with Gasteiger partial charge in [0.1, 0.15) is 0 Å². The first-order valence-electron chi connectivity index (χ1n) is 15.1. The molecule has 0 unspecified atom stereocenters. The zero-order valence-corrected chi connectivity index (χ0v) is 23.2. The number of rotatable bonds is 10. The van der Waals surface area contributed by atoms with Gasteiger partial charge < -0.3 is 0 Å². The van der Waals surface area contributed by atoms with Crippen molar-refractivity contribution in [3.8, 4) is 0 Å². The molecular formula is C34H44F4. The van der Waals surface area contributed by atoms with Gasteiger partial charge in [-0.25, -0.2) is 17.6 Å². The van der Waals surface area contributed by atoms with E-state index in [1.54, 1.807) is 18.2 Å². The smallest absolute Gasteiger partial charge is 0.166 e. The van der Waals surface area contributed by atoms with E-state index in [0.717, 1.165) is 76.5 Å². The monoisotopic (exact) mass is 528 g/mol. The van der Waals surface area contributed by atoms with E-state index in [9.17, 15) is 8.78 Å². The lowest BCUT2D eigenvalue weighted by Crippen LogP contribution is -2.17. The second-order valence-electron chi connectivity index (χ2n) is 11.7. The van der Waals surface area contributed by atoms with Gasteiger partial charge in [-0.1, -0.05) is 75.9 Å². The maximum Gasteiger partial charge on any atom is 0.166 e. The lowest BCUT2D eigenvalue weighted by Gasteiger charge is -2.30. The molecule has 0 aliphatic heterocycles. The van der Waals surface area contributed by atoms with E-state index in [1.807, 2.05) is 18.2 Å². The van der Waals surface area contributed by atoms with Crippen LogP contribution < -0.4 is 0 Å². The Hall–Kier alpha value is -2.10. The van der Waals surface area contributed by atoms with E-state index in [0.29, 0.717) is 23.1 Å². The highest BCUT2D eigenvalue weighted by Crippen LogP contribution is 2.42. The molecule has 0 bridgehead atoms. The predicted molar refractivity (Wildman–Crippen MR) is 149 cm³/mol. The van der Waals surface area contributed by atoms with Gasteiger partial charge in [0, 0.05) is 5.56 Å². The van der Waals surface area contributed by atoms with Crippen molar-refractivity contribution >= 4 is 6.08 Å². The Morgan fingerprint density at radius 2 is 1.26 bits per heavy atom. The van der Waals surface area contributed by atoms with Crippen LogP contribution in [-0.4, -0.2) is 0 Å². The third-order valence-electron chi connectivity index (χ3n) is 9.13. The molecular weight excluding hydrogens is 484 g/mol. The topological polar surface area (TPSA) is 0 Å². The van der Waals surface area contributed by atoms with E-state index in [1.165, 1.54) is 12.8 Å². The number of unbranched alkanes of at least 4 members (excludes halogenated alkanes) is 2. The lowest BCUT2D eigenvalue weighted by atomic mass is 9.75. The minimum atomic E-state index is -0.777. The van der Waals surface area contributed by atoms with E-state index in [4.69, 9.17) is 0 Å². The fourth-order valence-electron chi connectivity index (χ4n) is 6.73. The zero-order valence-electron chi connectivity index (χ0n) is 23.2. The molecule has 0 amide bonds. The van der Waals surface area contributed by atoms with Crippen LogP contribution in [0, 0.1) is 35.1 Å². The summed E-state index contributed by atoms with van der Waals surface area (Å²) in [5.74, 6) is -1.72. The van der Waals surface area contributed by atoms with Crippen LogP contribution >= 0.6 is 0 Å². The van der Waals surface area contributed by atoms with Gasteiger partial charge in [-0.15, -0.1) is 0 Å². The van der Waals surface area contributed by atoms with Gasteiger partial charge in [-0.3, -0.25) is 0 Å². The summed E-state index contributed by atoms with van der Waals surface area (Å²) in [6.45, 7) is 4.29. The van der Waals surface area contributed by atoms with Gasteiger partial charge in [0.15, 0.2) is 23.3 Å². The molecule has 2 saturated carbocycles. The van der Waals surface area contributed by atoms with Crippen LogP contribution in [0.25, 0.3) is 6.08 Å². The molecule has 2 aliphatic rings. The van der Waals surface area contributed by atoms with Crippen molar-refractivity contribution in [1.82, 2.24) is 0 Å². The highest BCUT2D eigenvalue weighted by atomic mass is 19.2. The fourth-order valence-corrected chi connectivity index (χ4v) is 6.73. The largest absolute Gasteiger partial charge is 0.203 e. The number of halogens is 4. The fraction of sp³-hybridized carbons (Fsp3) is 0.588. The minimum Gasteiger partial charge on any atom is -0.203 e. The molecule has 0 saturated heterocycles.